The van der Waals surface area contributed by atoms with Crippen LogP contribution in [0.1, 0.15) is 0 Å². The maximum absolute atomic E-state index is 4.86. The van der Waals surface area contributed by atoms with Crippen molar-refractivity contribution in [3.8, 4) is 67.2 Å². The van der Waals surface area contributed by atoms with Gasteiger partial charge in [0.15, 0.2) is 0 Å². The van der Waals surface area contributed by atoms with Crippen molar-refractivity contribution in [2.75, 3.05) is 0 Å². The number of benzene rings is 4. The Morgan fingerprint density at radius 2 is 0.524 bits per heavy atom. The number of aromatic nitrogens is 3. The minimum absolute atomic E-state index is 0.902. The molecule has 0 N–H and O–H groups in total. The minimum Gasteiger partial charge on any atom is -0.256 e. The Labute approximate surface area is 245 Å². The normalized spacial score (nSPS) is 10.9. The molecule has 0 fully saturated rings. The zero-order chi connectivity index (χ0) is 28.1. The molecule has 0 atom stereocenters. The minimum atomic E-state index is 0.902. The molecule has 3 heterocycles. The van der Waals surface area contributed by atoms with E-state index in [1.165, 1.54) is 0 Å². The molecule has 0 saturated heterocycles. The van der Waals surface area contributed by atoms with Gasteiger partial charge in [0.1, 0.15) is 0 Å². The molecule has 0 aliphatic carbocycles. The summed E-state index contributed by atoms with van der Waals surface area (Å²) in [6.07, 6.45) is 5.82. The molecule has 4 aromatic carbocycles. The van der Waals surface area contributed by atoms with Crippen LogP contribution in [0, 0.1) is 0 Å². The largest absolute Gasteiger partial charge is 0.256 e. The SMILES string of the molecule is c1ccc(-c2ccc(-c3cc(-c4ccc(-c5ccccc5)cn4)cc(-c4ccc(-c5ccccc5)cn4)c3)nc2)cc1. The molecule has 3 heteroatoms. The lowest BCUT2D eigenvalue weighted by atomic mass is 9.97. The molecule has 7 aromatic rings. The Hall–Kier alpha value is -5.67. The lowest BCUT2D eigenvalue weighted by Crippen LogP contribution is -1.92. The summed E-state index contributed by atoms with van der Waals surface area (Å²) in [6.45, 7) is 0. The second-order valence-corrected chi connectivity index (χ2v) is 10.2. The summed E-state index contributed by atoms with van der Waals surface area (Å²) in [5.74, 6) is 0. The highest BCUT2D eigenvalue weighted by Crippen LogP contribution is 2.33. The summed E-state index contributed by atoms with van der Waals surface area (Å²) >= 11 is 0. The van der Waals surface area contributed by atoms with E-state index in [1.54, 1.807) is 0 Å². The van der Waals surface area contributed by atoms with Crippen molar-refractivity contribution < 1.29 is 0 Å². The van der Waals surface area contributed by atoms with Crippen molar-refractivity contribution in [1.82, 2.24) is 15.0 Å². The van der Waals surface area contributed by atoms with Gasteiger partial charge in [0.25, 0.3) is 0 Å². The van der Waals surface area contributed by atoms with E-state index >= 15 is 0 Å². The van der Waals surface area contributed by atoms with Gasteiger partial charge in [0, 0.05) is 52.0 Å². The van der Waals surface area contributed by atoms with E-state index < -0.39 is 0 Å². The first kappa shape index (κ1) is 25.3. The first-order valence-electron chi connectivity index (χ1n) is 14.0. The third-order valence-electron chi connectivity index (χ3n) is 7.43. The molecule has 3 nitrogen and oxygen atoms in total. The maximum atomic E-state index is 4.86. The van der Waals surface area contributed by atoms with Crippen molar-refractivity contribution in [1.29, 1.82) is 0 Å². The molecule has 0 bridgehead atoms. The van der Waals surface area contributed by atoms with E-state index in [0.717, 1.165) is 67.2 Å². The van der Waals surface area contributed by atoms with Gasteiger partial charge in [-0.1, -0.05) is 109 Å². The fraction of sp³-hybridized carbons (Fsp3) is 0. The van der Waals surface area contributed by atoms with Crippen LogP contribution in [0.25, 0.3) is 67.2 Å². The van der Waals surface area contributed by atoms with E-state index in [2.05, 4.69) is 91.0 Å². The van der Waals surface area contributed by atoms with Crippen LogP contribution in [0.5, 0.6) is 0 Å². The smallest absolute Gasteiger partial charge is 0.0702 e. The summed E-state index contributed by atoms with van der Waals surface area (Å²) in [7, 11) is 0. The first-order valence-corrected chi connectivity index (χ1v) is 14.0. The van der Waals surface area contributed by atoms with Gasteiger partial charge in [0.2, 0.25) is 0 Å². The van der Waals surface area contributed by atoms with Crippen molar-refractivity contribution in [3.05, 3.63) is 164 Å². The van der Waals surface area contributed by atoms with Crippen molar-refractivity contribution in [2.24, 2.45) is 0 Å². The summed E-state index contributed by atoms with van der Waals surface area (Å²) in [6, 6.07) is 50.1. The van der Waals surface area contributed by atoms with E-state index in [1.807, 2.05) is 73.2 Å². The van der Waals surface area contributed by atoms with Gasteiger partial charge in [-0.3, -0.25) is 15.0 Å². The first-order chi connectivity index (χ1) is 20.8. The van der Waals surface area contributed by atoms with Crippen LogP contribution < -0.4 is 0 Å². The van der Waals surface area contributed by atoms with Crippen molar-refractivity contribution in [3.63, 3.8) is 0 Å². The van der Waals surface area contributed by atoms with Crippen LogP contribution in [0.3, 0.4) is 0 Å². The fourth-order valence-electron chi connectivity index (χ4n) is 5.17. The molecule has 198 valence electrons. The monoisotopic (exact) mass is 537 g/mol. The Morgan fingerprint density at radius 3 is 0.762 bits per heavy atom. The second-order valence-electron chi connectivity index (χ2n) is 10.2. The third-order valence-corrected chi connectivity index (χ3v) is 7.43. The van der Waals surface area contributed by atoms with Crippen LogP contribution in [-0.4, -0.2) is 15.0 Å². The molecule has 0 radical (unpaired) electrons. The summed E-state index contributed by atoms with van der Waals surface area (Å²) < 4.78 is 0. The van der Waals surface area contributed by atoms with Crippen LogP contribution in [0.2, 0.25) is 0 Å². The number of nitrogens with zero attached hydrogens (tertiary/aromatic N) is 3. The quantitative estimate of drug-likeness (QED) is 0.212. The van der Waals surface area contributed by atoms with Crippen molar-refractivity contribution in [2.45, 2.75) is 0 Å². The summed E-state index contributed by atoms with van der Waals surface area (Å²) in [5, 5.41) is 0. The summed E-state index contributed by atoms with van der Waals surface area (Å²) in [5.41, 5.74) is 12.5. The van der Waals surface area contributed by atoms with Gasteiger partial charge in [-0.05, 0) is 53.1 Å². The zero-order valence-corrected chi connectivity index (χ0v) is 22.9. The van der Waals surface area contributed by atoms with E-state index in [4.69, 9.17) is 15.0 Å². The average molecular weight is 538 g/mol. The molecular weight excluding hydrogens is 510 g/mol. The van der Waals surface area contributed by atoms with Crippen LogP contribution in [-0.2, 0) is 0 Å². The third kappa shape index (κ3) is 5.36. The van der Waals surface area contributed by atoms with Gasteiger partial charge in [-0.2, -0.15) is 0 Å². The van der Waals surface area contributed by atoms with E-state index in [0.29, 0.717) is 0 Å². The maximum Gasteiger partial charge on any atom is 0.0702 e. The molecule has 0 aliphatic rings. The Kier molecular flexibility index (Phi) is 6.89. The van der Waals surface area contributed by atoms with Crippen LogP contribution in [0.15, 0.2) is 164 Å². The highest BCUT2D eigenvalue weighted by atomic mass is 14.7. The van der Waals surface area contributed by atoms with Gasteiger partial charge in [0.05, 0.1) is 17.1 Å². The number of hydrogen-bond acceptors (Lipinski definition) is 3. The molecule has 0 aliphatic heterocycles. The van der Waals surface area contributed by atoms with Crippen molar-refractivity contribution >= 4 is 0 Å². The molecular formula is C39H27N3. The molecule has 7 rings (SSSR count). The zero-order valence-electron chi connectivity index (χ0n) is 22.9. The molecule has 0 saturated carbocycles. The lowest BCUT2D eigenvalue weighted by molar-refractivity contribution is 1.30. The van der Waals surface area contributed by atoms with Crippen LogP contribution >= 0.6 is 0 Å². The van der Waals surface area contributed by atoms with Gasteiger partial charge < -0.3 is 0 Å². The van der Waals surface area contributed by atoms with Gasteiger partial charge in [-0.15, -0.1) is 0 Å². The Bertz CT molecular complexity index is 1670. The predicted octanol–water partition coefficient (Wildman–Crippen LogP) is 9.87. The Balaban J connectivity index is 1.29. The predicted molar refractivity (Wildman–Crippen MR) is 172 cm³/mol. The lowest BCUT2D eigenvalue weighted by Gasteiger charge is -2.11. The van der Waals surface area contributed by atoms with E-state index in [9.17, 15) is 0 Å². The topological polar surface area (TPSA) is 38.7 Å². The van der Waals surface area contributed by atoms with Gasteiger partial charge >= 0.3 is 0 Å². The van der Waals surface area contributed by atoms with E-state index in [-0.39, 0.29) is 0 Å². The molecule has 0 unspecified atom stereocenters. The molecule has 0 spiro atoms. The molecule has 3 aromatic heterocycles. The number of pyridine rings is 3. The Morgan fingerprint density at radius 1 is 0.238 bits per heavy atom. The average Bonchev–Trinajstić information content (AvgIpc) is 3.09. The fourth-order valence-corrected chi connectivity index (χ4v) is 5.17. The van der Waals surface area contributed by atoms with Gasteiger partial charge in [-0.25, -0.2) is 0 Å². The second kappa shape index (κ2) is 11.4. The highest BCUT2D eigenvalue weighted by molar-refractivity contribution is 5.80. The molecule has 42 heavy (non-hydrogen) atoms. The number of hydrogen-bond donors (Lipinski definition) is 0. The standard InChI is InChI=1S/C39H27N3/c1-4-10-28(11-5-1)31-16-19-37(40-25-31)34-22-35(38-20-17-32(26-41-38)29-12-6-2-7-13-29)24-36(23-34)39-21-18-33(27-42-39)30-14-8-3-9-15-30/h1-27H. The van der Waals surface area contributed by atoms with Crippen LogP contribution in [0.4, 0.5) is 0 Å². The summed E-state index contributed by atoms with van der Waals surface area (Å²) in [4.78, 5) is 14.6. The molecule has 0 amide bonds. The highest BCUT2D eigenvalue weighted by Gasteiger charge is 2.11. The number of rotatable bonds is 6.